The second kappa shape index (κ2) is 4.62. The van der Waals surface area contributed by atoms with Crippen molar-refractivity contribution in [3.63, 3.8) is 0 Å². The Hall–Kier alpha value is -1.77. The van der Waals surface area contributed by atoms with Crippen LogP contribution >= 0.6 is 0 Å². The molecule has 1 heterocycles. The van der Waals surface area contributed by atoms with Crippen LogP contribution in [0.5, 0.6) is 0 Å². The molecule has 0 aliphatic carbocycles. The van der Waals surface area contributed by atoms with Gasteiger partial charge in [0.1, 0.15) is 0 Å². The first-order valence-corrected chi connectivity index (χ1v) is 5.82. The van der Waals surface area contributed by atoms with Crippen molar-refractivity contribution < 1.29 is 9.53 Å². The standard InChI is InChI=1S/C14H17NO2/c1-4-12-11(8-14(16)17-3)10-6-5-9(2)7-13(10)15-12/h5-7,15H,4,8H2,1-3H3. The molecule has 1 aromatic carbocycles. The van der Waals surface area contributed by atoms with Gasteiger partial charge in [-0.3, -0.25) is 4.79 Å². The molecule has 0 spiro atoms. The zero-order chi connectivity index (χ0) is 12.4. The summed E-state index contributed by atoms with van der Waals surface area (Å²) in [6, 6.07) is 6.24. The number of carbonyl (C=O) groups is 1. The second-order valence-electron chi connectivity index (χ2n) is 4.24. The van der Waals surface area contributed by atoms with Crippen LogP contribution < -0.4 is 0 Å². The highest BCUT2D eigenvalue weighted by Crippen LogP contribution is 2.24. The third-order valence-electron chi connectivity index (χ3n) is 3.05. The third kappa shape index (κ3) is 2.18. The first-order valence-electron chi connectivity index (χ1n) is 5.82. The zero-order valence-electron chi connectivity index (χ0n) is 10.5. The average molecular weight is 231 g/mol. The van der Waals surface area contributed by atoms with Crippen LogP contribution in [-0.4, -0.2) is 18.1 Å². The Labute approximate surface area is 101 Å². The van der Waals surface area contributed by atoms with E-state index in [4.69, 9.17) is 4.74 Å². The monoisotopic (exact) mass is 231 g/mol. The van der Waals surface area contributed by atoms with Gasteiger partial charge in [0.25, 0.3) is 0 Å². The van der Waals surface area contributed by atoms with Crippen molar-refractivity contribution >= 4 is 16.9 Å². The first kappa shape index (κ1) is 11.7. The van der Waals surface area contributed by atoms with Crippen LogP contribution in [0, 0.1) is 6.92 Å². The quantitative estimate of drug-likeness (QED) is 0.825. The van der Waals surface area contributed by atoms with E-state index in [9.17, 15) is 4.79 Å². The molecule has 0 amide bonds. The summed E-state index contributed by atoms with van der Waals surface area (Å²) in [7, 11) is 1.42. The molecule has 3 nitrogen and oxygen atoms in total. The number of benzene rings is 1. The summed E-state index contributed by atoms with van der Waals surface area (Å²) in [6.45, 7) is 4.14. The lowest BCUT2D eigenvalue weighted by molar-refractivity contribution is -0.139. The average Bonchev–Trinajstić information content (AvgIpc) is 2.66. The number of nitrogens with one attached hydrogen (secondary N) is 1. The van der Waals surface area contributed by atoms with E-state index in [0.29, 0.717) is 6.42 Å². The number of fused-ring (bicyclic) bond motifs is 1. The van der Waals surface area contributed by atoms with Crippen LogP contribution in [0.1, 0.15) is 23.7 Å². The molecule has 2 rings (SSSR count). The normalized spacial score (nSPS) is 10.8. The second-order valence-corrected chi connectivity index (χ2v) is 4.24. The predicted molar refractivity (Wildman–Crippen MR) is 68.1 cm³/mol. The van der Waals surface area contributed by atoms with Crippen molar-refractivity contribution in [3.8, 4) is 0 Å². The summed E-state index contributed by atoms with van der Waals surface area (Å²) in [5, 5.41) is 1.12. The maximum absolute atomic E-state index is 11.4. The molecule has 2 aromatic rings. The summed E-state index contributed by atoms with van der Waals surface area (Å²) in [5.41, 5.74) is 4.50. The fraction of sp³-hybridized carbons (Fsp3) is 0.357. The molecule has 0 radical (unpaired) electrons. The molecule has 0 bridgehead atoms. The molecular weight excluding hydrogens is 214 g/mol. The smallest absolute Gasteiger partial charge is 0.310 e. The molecule has 0 atom stereocenters. The number of aromatic nitrogens is 1. The Balaban J connectivity index is 2.54. The number of methoxy groups -OCH3 is 1. The van der Waals surface area contributed by atoms with Gasteiger partial charge in [-0.15, -0.1) is 0 Å². The topological polar surface area (TPSA) is 42.1 Å². The van der Waals surface area contributed by atoms with Crippen molar-refractivity contribution in [1.29, 1.82) is 0 Å². The van der Waals surface area contributed by atoms with Gasteiger partial charge in [-0.1, -0.05) is 19.1 Å². The molecule has 1 aromatic heterocycles. The molecule has 0 saturated carbocycles. The van der Waals surface area contributed by atoms with Crippen LogP contribution in [0.15, 0.2) is 18.2 Å². The minimum Gasteiger partial charge on any atom is -0.469 e. The van der Waals surface area contributed by atoms with Gasteiger partial charge in [0, 0.05) is 16.6 Å². The van der Waals surface area contributed by atoms with Crippen LogP contribution in [0.25, 0.3) is 10.9 Å². The van der Waals surface area contributed by atoms with E-state index in [1.165, 1.54) is 12.7 Å². The Bertz CT molecular complexity index is 555. The fourth-order valence-corrected chi connectivity index (χ4v) is 2.15. The highest BCUT2D eigenvalue weighted by atomic mass is 16.5. The van der Waals surface area contributed by atoms with Gasteiger partial charge in [-0.2, -0.15) is 0 Å². The van der Waals surface area contributed by atoms with Gasteiger partial charge in [0.15, 0.2) is 0 Å². The largest absolute Gasteiger partial charge is 0.469 e. The lowest BCUT2D eigenvalue weighted by atomic mass is 10.1. The van der Waals surface area contributed by atoms with E-state index in [0.717, 1.165) is 28.6 Å². The molecule has 0 aliphatic rings. The molecule has 3 heteroatoms. The predicted octanol–water partition coefficient (Wildman–Crippen LogP) is 2.75. The number of aryl methyl sites for hydroxylation is 2. The number of aromatic amines is 1. The summed E-state index contributed by atoms with van der Waals surface area (Å²) >= 11 is 0. The van der Waals surface area contributed by atoms with E-state index in [1.807, 2.05) is 0 Å². The molecule has 0 aliphatic heterocycles. The molecular formula is C14H17NO2. The van der Waals surface area contributed by atoms with Crippen LogP contribution in [0.4, 0.5) is 0 Å². The third-order valence-corrected chi connectivity index (χ3v) is 3.05. The number of rotatable bonds is 3. The van der Waals surface area contributed by atoms with Gasteiger partial charge >= 0.3 is 5.97 Å². The summed E-state index contributed by atoms with van der Waals surface area (Å²) in [5.74, 6) is -0.193. The number of ether oxygens (including phenoxy) is 1. The summed E-state index contributed by atoms with van der Waals surface area (Å²) in [6.07, 6.45) is 1.22. The zero-order valence-corrected chi connectivity index (χ0v) is 10.5. The van der Waals surface area contributed by atoms with Gasteiger partial charge < -0.3 is 9.72 Å². The number of hydrogen-bond acceptors (Lipinski definition) is 2. The maximum Gasteiger partial charge on any atom is 0.310 e. The SMILES string of the molecule is CCc1[nH]c2cc(C)ccc2c1CC(=O)OC. The number of esters is 1. The minimum absolute atomic E-state index is 0.193. The molecule has 17 heavy (non-hydrogen) atoms. The molecule has 90 valence electrons. The van der Waals surface area contributed by atoms with Crippen LogP contribution in [0.3, 0.4) is 0 Å². The van der Waals surface area contributed by atoms with Crippen molar-refractivity contribution in [3.05, 3.63) is 35.0 Å². The van der Waals surface area contributed by atoms with Gasteiger partial charge in [0.05, 0.1) is 13.5 Å². The van der Waals surface area contributed by atoms with E-state index in [1.54, 1.807) is 0 Å². The Morgan fingerprint density at radius 3 is 2.82 bits per heavy atom. The van der Waals surface area contributed by atoms with Gasteiger partial charge in [-0.25, -0.2) is 0 Å². The Kier molecular flexibility index (Phi) is 3.18. The number of H-pyrrole nitrogens is 1. The van der Waals surface area contributed by atoms with E-state index in [-0.39, 0.29) is 5.97 Å². The van der Waals surface area contributed by atoms with Gasteiger partial charge in [0.2, 0.25) is 0 Å². The highest BCUT2D eigenvalue weighted by Gasteiger charge is 2.13. The number of carbonyl (C=O) groups excluding carboxylic acids is 1. The molecule has 0 fully saturated rings. The van der Waals surface area contributed by atoms with Gasteiger partial charge in [-0.05, 0) is 30.5 Å². The van der Waals surface area contributed by atoms with Crippen LogP contribution in [-0.2, 0) is 22.4 Å². The molecule has 0 saturated heterocycles. The Morgan fingerprint density at radius 1 is 1.41 bits per heavy atom. The van der Waals surface area contributed by atoms with E-state index in [2.05, 4.69) is 37.0 Å². The Morgan fingerprint density at radius 2 is 2.18 bits per heavy atom. The van der Waals surface area contributed by atoms with Crippen LogP contribution in [0.2, 0.25) is 0 Å². The first-order chi connectivity index (χ1) is 8.15. The van der Waals surface area contributed by atoms with Crippen molar-refractivity contribution in [1.82, 2.24) is 4.98 Å². The minimum atomic E-state index is -0.193. The molecule has 1 N–H and O–H groups in total. The summed E-state index contributed by atoms with van der Waals surface area (Å²) in [4.78, 5) is 14.8. The van der Waals surface area contributed by atoms with E-state index < -0.39 is 0 Å². The van der Waals surface area contributed by atoms with Crippen molar-refractivity contribution in [2.45, 2.75) is 26.7 Å². The molecule has 0 unspecified atom stereocenters. The number of hydrogen-bond donors (Lipinski definition) is 1. The van der Waals surface area contributed by atoms with Crippen molar-refractivity contribution in [2.75, 3.05) is 7.11 Å². The fourth-order valence-electron chi connectivity index (χ4n) is 2.15. The lowest BCUT2D eigenvalue weighted by Crippen LogP contribution is -2.05. The lowest BCUT2D eigenvalue weighted by Gasteiger charge is -2.01. The highest BCUT2D eigenvalue weighted by molar-refractivity contribution is 5.89. The summed E-state index contributed by atoms with van der Waals surface area (Å²) < 4.78 is 4.74. The van der Waals surface area contributed by atoms with Crippen molar-refractivity contribution in [2.24, 2.45) is 0 Å². The van der Waals surface area contributed by atoms with E-state index >= 15 is 0 Å². The maximum atomic E-state index is 11.4.